The fourth-order valence-corrected chi connectivity index (χ4v) is 3.02. The van der Waals surface area contributed by atoms with E-state index < -0.39 is 49.4 Å². The van der Waals surface area contributed by atoms with Gasteiger partial charge >= 0.3 is 5.97 Å². The van der Waals surface area contributed by atoms with E-state index in [0.717, 1.165) is 38.5 Å². The van der Waals surface area contributed by atoms with Crippen LogP contribution in [0.2, 0.25) is 0 Å². The molecule has 0 bridgehead atoms. The van der Waals surface area contributed by atoms with Crippen LogP contribution in [0.1, 0.15) is 58.3 Å². The Balaban J connectivity index is 2.46. The van der Waals surface area contributed by atoms with Crippen LogP contribution in [0.3, 0.4) is 0 Å². The Bertz CT molecular complexity index is 484. The standard InChI is InChI=1S/C19H32O8/c1-2-3-4-5-6-7-8-9-10-13(11-15(21)22)26-19-18(25)17(24)16(23)14(12-20)27-19/h13-14,16-20,23-25H,4-12H2,1H3,(H,21,22)/t13?,14?,16-,17-,18?,19?/m0/s1. The summed E-state index contributed by atoms with van der Waals surface area (Å²) in [6.07, 6.45) is -1.73. The van der Waals surface area contributed by atoms with Gasteiger partial charge < -0.3 is 35.0 Å². The predicted octanol–water partition coefficient (Wildman–Crippen LogP) is 0.400. The number of hydrogen-bond acceptors (Lipinski definition) is 7. The fraction of sp³-hybridized carbons (Fsp3) is 0.842. The van der Waals surface area contributed by atoms with Gasteiger partial charge in [-0.3, -0.25) is 4.79 Å². The van der Waals surface area contributed by atoms with Crippen molar-refractivity contribution in [3.63, 3.8) is 0 Å². The van der Waals surface area contributed by atoms with E-state index in [4.69, 9.17) is 14.6 Å². The largest absolute Gasteiger partial charge is 0.481 e. The summed E-state index contributed by atoms with van der Waals surface area (Å²) in [6, 6.07) is 0. The van der Waals surface area contributed by atoms with Crippen LogP contribution in [0, 0.1) is 11.8 Å². The van der Waals surface area contributed by atoms with Gasteiger partial charge in [0.1, 0.15) is 24.4 Å². The molecule has 6 atom stereocenters. The molecule has 1 heterocycles. The first-order chi connectivity index (χ1) is 12.9. The molecule has 0 spiro atoms. The average molecular weight is 388 g/mol. The second kappa shape index (κ2) is 13.0. The van der Waals surface area contributed by atoms with Gasteiger partial charge in [0.05, 0.1) is 19.1 Å². The fourth-order valence-electron chi connectivity index (χ4n) is 3.02. The van der Waals surface area contributed by atoms with Crippen molar-refractivity contribution in [2.75, 3.05) is 6.61 Å². The van der Waals surface area contributed by atoms with Gasteiger partial charge in [0.25, 0.3) is 0 Å². The topological polar surface area (TPSA) is 137 Å². The maximum atomic E-state index is 11.1. The van der Waals surface area contributed by atoms with Crippen LogP contribution < -0.4 is 0 Å². The summed E-state index contributed by atoms with van der Waals surface area (Å²) in [7, 11) is 0. The molecule has 0 aromatic heterocycles. The third-order valence-electron chi connectivity index (χ3n) is 4.58. The molecule has 1 saturated heterocycles. The minimum absolute atomic E-state index is 0.263. The summed E-state index contributed by atoms with van der Waals surface area (Å²) in [5.41, 5.74) is 0. The third-order valence-corrected chi connectivity index (χ3v) is 4.58. The van der Waals surface area contributed by atoms with Gasteiger partial charge in [0, 0.05) is 6.42 Å². The van der Waals surface area contributed by atoms with E-state index in [-0.39, 0.29) is 6.42 Å². The maximum absolute atomic E-state index is 11.1. The number of rotatable bonds is 12. The summed E-state index contributed by atoms with van der Waals surface area (Å²) >= 11 is 0. The summed E-state index contributed by atoms with van der Waals surface area (Å²) in [5, 5.41) is 47.9. The van der Waals surface area contributed by atoms with E-state index in [1.54, 1.807) is 0 Å². The van der Waals surface area contributed by atoms with Crippen LogP contribution in [-0.2, 0) is 14.3 Å². The molecule has 27 heavy (non-hydrogen) atoms. The first-order valence-electron chi connectivity index (χ1n) is 9.48. The van der Waals surface area contributed by atoms with E-state index in [2.05, 4.69) is 11.8 Å². The van der Waals surface area contributed by atoms with E-state index in [1.165, 1.54) is 0 Å². The number of aliphatic carboxylic acids is 1. The number of unbranched alkanes of at least 4 members (excludes halogenated alkanes) is 5. The van der Waals surface area contributed by atoms with Crippen LogP contribution >= 0.6 is 0 Å². The van der Waals surface area contributed by atoms with Crippen LogP contribution in [-0.4, -0.2) is 74.9 Å². The number of carbonyl (C=O) groups is 1. The Kier molecular flexibility index (Phi) is 11.5. The summed E-state index contributed by atoms with van der Waals surface area (Å²) in [4.78, 5) is 11.1. The highest BCUT2D eigenvalue weighted by molar-refractivity contribution is 5.67. The molecule has 0 amide bonds. The molecule has 8 nitrogen and oxygen atoms in total. The first-order valence-corrected chi connectivity index (χ1v) is 9.48. The SMILES string of the molecule is CC#CCCCCCCCC(CC(=O)O)OC1OC(CO)[C@H](O)[C@H](O)C1O. The van der Waals surface area contributed by atoms with Crippen molar-refractivity contribution in [1.29, 1.82) is 0 Å². The highest BCUT2D eigenvalue weighted by atomic mass is 16.7. The van der Waals surface area contributed by atoms with Gasteiger partial charge in [-0.2, -0.15) is 0 Å². The van der Waals surface area contributed by atoms with Crippen LogP contribution in [0.4, 0.5) is 0 Å². The molecule has 0 radical (unpaired) electrons. The lowest BCUT2D eigenvalue weighted by molar-refractivity contribution is -0.311. The smallest absolute Gasteiger partial charge is 0.305 e. The Morgan fingerprint density at radius 2 is 1.74 bits per heavy atom. The minimum Gasteiger partial charge on any atom is -0.481 e. The van der Waals surface area contributed by atoms with Crippen molar-refractivity contribution < 1.29 is 39.8 Å². The number of ether oxygens (including phenoxy) is 2. The molecule has 0 aromatic carbocycles. The van der Waals surface area contributed by atoms with E-state index in [1.807, 2.05) is 6.92 Å². The molecule has 0 saturated carbocycles. The number of aliphatic hydroxyl groups excluding tert-OH is 4. The Labute approximate surface area is 160 Å². The molecule has 8 heteroatoms. The molecule has 0 aromatic rings. The highest BCUT2D eigenvalue weighted by Gasteiger charge is 2.44. The van der Waals surface area contributed by atoms with Gasteiger partial charge in [-0.15, -0.1) is 11.8 Å². The first kappa shape index (κ1) is 23.8. The quantitative estimate of drug-likeness (QED) is 0.239. The van der Waals surface area contributed by atoms with Crippen molar-refractivity contribution in [3.05, 3.63) is 0 Å². The number of hydrogen-bond donors (Lipinski definition) is 5. The second-order valence-electron chi connectivity index (χ2n) is 6.79. The normalized spacial score (nSPS) is 29.0. The minimum atomic E-state index is -1.54. The number of carboxylic acids is 1. The molecule has 0 aliphatic carbocycles. The van der Waals surface area contributed by atoms with Crippen LogP contribution in [0.25, 0.3) is 0 Å². The summed E-state index contributed by atoms with van der Waals surface area (Å²) < 4.78 is 10.9. The molecule has 1 aliphatic heterocycles. The van der Waals surface area contributed by atoms with Crippen molar-refractivity contribution in [1.82, 2.24) is 0 Å². The number of aliphatic hydroxyl groups is 4. The summed E-state index contributed by atoms with van der Waals surface area (Å²) in [6.45, 7) is 1.26. The predicted molar refractivity (Wildman–Crippen MR) is 96.7 cm³/mol. The second-order valence-corrected chi connectivity index (χ2v) is 6.79. The van der Waals surface area contributed by atoms with E-state index >= 15 is 0 Å². The lowest BCUT2D eigenvalue weighted by Gasteiger charge is -2.40. The molecular formula is C19H32O8. The molecule has 4 unspecified atom stereocenters. The van der Waals surface area contributed by atoms with Crippen molar-refractivity contribution in [2.45, 2.75) is 95.1 Å². The van der Waals surface area contributed by atoms with Gasteiger partial charge in [-0.25, -0.2) is 0 Å². The van der Waals surface area contributed by atoms with Crippen LogP contribution in [0.5, 0.6) is 0 Å². The Morgan fingerprint density at radius 3 is 2.37 bits per heavy atom. The van der Waals surface area contributed by atoms with Gasteiger partial charge in [-0.1, -0.05) is 25.7 Å². The zero-order chi connectivity index (χ0) is 20.2. The number of carboxylic acid groups (broad SMARTS) is 1. The van der Waals surface area contributed by atoms with Gasteiger partial charge in [-0.05, 0) is 19.8 Å². The average Bonchev–Trinajstić information content (AvgIpc) is 2.63. The molecule has 1 rings (SSSR count). The summed E-state index contributed by atoms with van der Waals surface area (Å²) in [5.74, 6) is 4.83. The lowest BCUT2D eigenvalue weighted by Crippen LogP contribution is -2.59. The van der Waals surface area contributed by atoms with E-state index in [0.29, 0.717) is 6.42 Å². The molecule has 1 aliphatic rings. The zero-order valence-corrected chi connectivity index (χ0v) is 15.8. The van der Waals surface area contributed by atoms with Gasteiger partial charge in [0.15, 0.2) is 6.29 Å². The highest BCUT2D eigenvalue weighted by Crippen LogP contribution is 2.25. The van der Waals surface area contributed by atoms with Crippen molar-refractivity contribution >= 4 is 5.97 Å². The van der Waals surface area contributed by atoms with Crippen molar-refractivity contribution in [3.8, 4) is 11.8 Å². The van der Waals surface area contributed by atoms with Crippen LogP contribution in [0.15, 0.2) is 0 Å². The van der Waals surface area contributed by atoms with Crippen molar-refractivity contribution in [2.24, 2.45) is 0 Å². The Morgan fingerprint density at radius 1 is 1.07 bits per heavy atom. The molecule has 5 N–H and O–H groups in total. The van der Waals surface area contributed by atoms with E-state index in [9.17, 15) is 25.2 Å². The molecular weight excluding hydrogens is 356 g/mol. The Hall–Kier alpha value is -1.21. The lowest BCUT2D eigenvalue weighted by atomic mass is 9.99. The third kappa shape index (κ3) is 8.56. The molecule has 1 fully saturated rings. The molecule has 156 valence electrons. The van der Waals surface area contributed by atoms with Gasteiger partial charge in [0.2, 0.25) is 0 Å². The zero-order valence-electron chi connectivity index (χ0n) is 15.8. The monoisotopic (exact) mass is 388 g/mol. The maximum Gasteiger partial charge on any atom is 0.305 e.